The van der Waals surface area contributed by atoms with Gasteiger partial charge in [-0.1, -0.05) is 53.8 Å². The number of halogens is 1. The smallest absolute Gasteiger partial charge is 0.0427 e. The van der Waals surface area contributed by atoms with E-state index in [-0.39, 0.29) is 5.92 Å². The van der Waals surface area contributed by atoms with E-state index in [2.05, 4.69) is 18.8 Å². The van der Waals surface area contributed by atoms with E-state index in [0.717, 1.165) is 10.6 Å². The second-order valence-electron chi connectivity index (χ2n) is 3.91. The lowest BCUT2D eigenvalue weighted by molar-refractivity contribution is 1.00. The Morgan fingerprint density at radius 1 is 0.941 bits per heavy atom. The number of rotatable bonds is 1. The molecule has 84 valence electrons. The van der Waals surface area contributed by atoms with Crippen molar-refractivity contribution in [3.63, 3.8) is 0 Å². The second-order valence-corrected chi connectivity index (χ2v) is 4.35. The summed E-state index contributed by atoms with van der Waals surface area (Å²) in [5.74, 6) is 6.63. The zero-order valence-electron chi connectivity index (χ0n) is 9.65. The Hall–Kier alpha value is -1.71. The van der Waals surface area contributed by atoms with Crippen LogP contribution >= 0.6 is 11.6 Å². The van der Waals surface area contributed by atoms with Gasteiger partial charge in [0.1, 0.15) is 0 Å². The summed E-state index contributed by atoms with van der Waals surface area (Å²) >= 11 is 5.85. The summed E-state index contributed by atoms with van der Waals surface area (Å²) in [6, 6.07) is 17.9. The highest BCUT2D eigenvalue weighted by Gasteiger charge is 2.00. The van der Waals surface area contributed by atoms with Gasteiger partial charge in [-0.25, -0.2) is 0 Å². The second kappa shape index (κ2) is 5.57. The fraction of sp³-hybridized carbons (Fsp3) is 0.125. The molecule has 0 bridgehead atoms. The minimum absolute atomic E-state index is 0.215. The monoisotopic (exact) mass is 240 g/mol. The molecule has 0 aromatic heterocycles. The molecule has 0 aliphatic heterocycles. The Kier molecular flexibility index (Phi) is 3.85. The van der Waals surface area contributed by atoms with Crippen molar-refractivity contribution in [1.29, 1.82) is 0 Å². The molecule has 0 aliphatic carbocycles. The van der Waals surface area contributed by atoms with Gasteiger partial charge in [-0.3, -0.25) is 0 Å². The first-order valence-corrected chi connectivity index (χ1v) is 5.95. The molecule has 0 saturated carbocycles. The minimum Gasteiger partial charge on any atom is -0.0900 e. The molecule has 1 heteroatoms. The molecule has 0 nitrogen and oxygen atoms in total. The van der Waals surface area contributed by atoms with Crippen molar-refractivity contribution in [3.8, 4) is 11.8 Å². The average molecular weight is 241 g/mol. The lowest BCUT2D eigenvalue weighted by Gasteiger charge is -2.03. The van der Waals surface area contributed by atoms with Crippen molar-refractivity contribution in [2.45, 2.75) is 12.8 Å². The average Bonchev–Trinajstić information content (AvgIpc) is 2.38. The number of benzene rings is 2. The van der Waals surface area contributed by atoms with Crippen LogP contribution in [0.5, 0.6) is 0 Å². The van der Waals surface area contributed by atoms with Crippen LogP contribution in [-0.2, 0) is 0 Å². The number of hydrogen-bond acceptors (Lipinski definition) is 0. The SMILES string of the molecule is CC(C#Cc1ccccc1)c1ccc(Cl)cc1. The third-order valence-electron chi connectivity index (χ3n) is 2.58. The summed E-state index contributed by atoms with van der Waals surface area (Å²) in [7, 11) is 0. The van der Waals surface area contributed by atoms with E-state index in [1.165, 1.54) is 5.56 Å². The summed E-state index contributed by atoms with van der Waals surface area (Å²) in [5.41, 5.74) is 2.24. The minimum atomic E-state index is 0.215. The largest absolute Gasteiger partial charge is 0.0900 e. The lowest BCUT2D eigenvalue weighted by Crippen LogP contribution is -1.88. The van der Waals surface area contributed by atoms with Crippen LogP contribution in [0.1, 0.15) is 24.0 Å². The van der Waals surface area contributed by atoms with Gasteiger partial charge >= 0.3 is 0 Å². The molecule has 17 heavy (non-hydrogen) atoms. The van der Waals surface area contributed by atoms with Crippen molar-refractivity contribution in [2.24, 2.45) is 0 Å². The van der Waals surface area contributed by atoms with E-state index in [1.807, 2.05) is 54.6 Å². The lowest BCUT2D eigenvalue weighted by atomic mass is 10.0. The van der Waals surface area contributed by atoms with Crippen LogP contribution < -0.4 is 0 Å². The van der Waals surface area contributed by atoms with Gasteiger partial charge in [0.2, 0.25) is 0 Å². The van der Waals surface area contributed by atoms with Crippen molar-refractivity contribution in [2.75, 3.05) is 0 Å². The van der Waals surface area contributed by atoms with Crippen LogP contribution in [0.2, 0.25) is 5.02 Å². The highest BCUT2D eigenvalue weighted by Crippen LogP contribution is 2.17. The van der Waals surface area contributed by atoms with Gasteiger partial charge < -0.3 is 0 Å². The highest BCUT2D eigenvalue weighted by atomic mass is 35.5. The van der Waals surface area contributed by atoms with Crippen LogP contribution in [0.25, 0.3) is 0 Å². The molecular formula is C16H13Cl. The van der Waals surface area contributed by atoms with E-state index in [4.69, 9.17) is 11.6 Å². The third-order valence-corrected chi connectivity index (χ3v) is 2.83. The third kappa shape index (κ3) is 3.37. The summed E-state index contributed by atoms with van der Waals surface area (Å²) in [5, 5.41) is 0.761. The molecule has 0 aliphatic rings. The number of hydrogen-bond donors (Lipinski definition) is 0. The van der Waals surface area contributed by atoms with Gasteiger partial charge in [0.15, 0.2) is 0 Å². The molecule has 1 unspecified atom stereocenters. The van der Waals surface area contributed by atoms with E-state index in [9.17, 15) is 0 Å². The van der Waals surface area contributed by atoms with Gasteiger partial charge in [-0.15, -0.1) is 0 Å². The summed E-state index contributed by atoms with van der Waals surface area (Å²) in [6.45, 7) is 2.10. The fourth-order valence-corrected chi connectivity index (χ4v) is 1.67. The molecule has 0 amide bonds. The van der Waals surface area contributed by atoms with Crippen molar-refractivity contribution in [1.82, 2.24) is 0 Å². The Morgan fingerprint density at radius 3 is 2.24 bits per heavy atom. The molecular weight excluding hydrogens is 228 g/mol. The predicted octanol–water partition coefficient (Wildman–Crippen LogP) is 4.50. The maximum absolute atomic E-state index is 5.85. The van der Waals surface area contributed by atoms with Gasteiger partial charge in [-0.05, 0) is 36.8 Å². The molecule has 2 rings (SSSR count). The molecule has 0 fully saturated rings. The van der Waals surface area contributed by atoms with Crippen molar-refractivity contribution >= 4 is 11.6 Å². The molecule has 0 heterocycles. The first kappa shape index (κ1) is 11.8. The standard InChI is InChI=1S/C16H13Cl/c1-13(15-9-11-16(17)12-10-15)7-8-14-5-3-2-4-6-14/h2-6,9-13H,1H3. The molecule has 0 radical (unpaired) electrons. The van der Waals surface area contributed by atoms with E-state index >= 15 is 0 Å². The molecule has 0 N–H and O–H groups in total. The summed E-state index contributed by atoms with van der Waals surface area (Å²) in [6.07, 6.45) is 0. The molecule has 2 aromatic rings. The zero-order chi connectivity index (χ0) is 12.1. The topological polar surface area (TPSA) is 0 Å². The van der Waals surface area contributed by atoms with E-state index in [1.54, 1.807) is 0 Å². The van der Waals surface area contributed by atoms with Crippen LogP contribution in [0.4, 0.5) is 0 Å². The normalized spacial score (nSPS) is 11.4. The predicted molar refractivity (Wildman–Crippen MR) is 73.2 cm³/mol. The molecule has 1 atom stereocenters. The molecule has 0 saturated heterocycles. The van der Waals surface area contributed by atoms with Gasteiger partial charge in [0.05, 0.1) is 0 Å². The summed E-state index contributed by atoms with van der Waals surface area (Å²) in [4.78, 5) is 0. The Morgan fingerprint density at radius 2 is 1.59 bits per heavy atom. The van der Waals surface area contributed by atoms with Crippen LogP contribution in [0.3, 0.4) is 0 Å². The van der Waals surface area contributed by atoms with Crippen LogP contribution in [0.15, 0.2) is 54.6 Å². The maximum atomic E-state index is 5.85. The van der Waals surface area contributed by atoms with Gasteiger partial charge in [-0.2, -0.15) is 0 Å². The summed E-state index contributed by atoms with van der Waals surface area (Å²) < 4.78 is 0. The van der Waals surface area contributed by atoms with E-state index in [0.29, 0.717) is 0 Å². The highest BCUT2D eigenvalue weighted by molar-refractivity contribution is 6.30. The van der Waals surface area contributed by atoms with Crippen molar-refractivity contribution < 1.29 is 0 Å². The van der Waals surface area contributed by atoms with Crippen LogP contribution in [-0.4, -0.2) is 0 Å². The first-order chi connectivity index (χ1) is 8.25. The fourth-order valence-electron chi connectivity index (χ4n) is 1.55. The van der Waals surface area contributed by atoms with E-state index < -0.39 is 0 Å². The molecule has 0 spiro atoms. The Bertz CT molecular complexity index is 529. The van der Waals surface area contributed by atoms with Crippen molar-refractivity contribution in [3.05, 3.63) is 70.7 Å². The zero-order valence-corrected chi connectivity index (χ0v) is 10.4. The Labute approximate surface area is 107 Å². The molecule has 2 aromatic carbocycles. The van der Waals surface area contributed by atoms with Crippen LogP contribution in [0, 0.1) is 11.8 Å². The Balaban J connectivity index is 2.15. The van der Waals surface area contributed by atoms with Gasteiger partial charge in [0, 0.05) is 16.5 Å². The van der Waals surface area contributed by atoms with Gasteiger partial charge in [0.25, 0.3) is 0 Å². The quantitative estimate of drug-likeness (QED) is 0.644. The first-order valence-electron chi connectivity index (χ1n) is 5.58. The maximum Gasteiger partial charge on any atom is 0.0427 e.